The molecule has 0 atom stereocenters. The maximum atomic E-state index is 13.5. The smallest absolute Gasteiger partial charge is 0.319 e. The Kier molecular flexibility index (Phi) is 4.04. The lowest BCUT2D eigenvalue weighted by Crippen LogP contribution is -2.42. The Hall–Kier alpha value is -1.62. The molecular formula is C14H19FN2O2. The van der Waals surface area contributed by atoms with Crippen LogP contribution < -0.4 is 10.6 Å². The zero-order chi connectivity index (χ0) is 13.9. The second-order valence-corrected chi connectivity index (χ2v) is 5.22. The number of halogens is 1. The molecule has 3 N–H and O–H groups in total. The summed E-state index contributed by atoms with van der Waals surface area (Å²) < 4.78 is 13.5. The minimum atomic E-state index is -0.803. The van der Waals surface area contributed by atoms with E-state index in [1.165, 1.54) is 6.07 Å². The average Bonchev–Trinajstić information content (AvgIpc) is 2.79. The van der Waals surface area contributed by atoms with E-state index in [1.807, 2.05) is 6.92 Å². The van der Waals surface area contributed by atoms with Crippen molar-refractivity contribution in [2.24, 2.45) is 0 Å². The van der Waals surface area contributed by atoms with Gasteiger partial charge in [-0.1, -0.05) is 18.9 Å². The van der Waals surface area contributed by atoms with E-state index in [1.54, 1.807) is 12.1 Å². The Morgan fingerprint density at radius 3 is 2.79 bits per heavy atom. The maximum Gasteiger partial charge on any atom is 0.319 e. The summed E-state index contributed by atoms with van der Waals surface area (Å²) in [6.45, 7) is 2.02. The van der Waals surface area contributed by atoms with Gasteiger partial charge in [0.05, 0.1) is 11.3 Å². The first-order chi connectivity index (χ1) is 8.98. The molecule has 1 aromatic rings. The van der Waals surface area contributed by atoms with E-state index < -0.39 is 17.4 Å². The van der Waals surface area contributed by atoms with Gasteiger partial charge >= 0.3 is 6.03 Å². The highest BCUT2D eigenvalue weighted by Gasteiger charge is 2.31. The quantitative estimate of drug-likeness (QED) is 0.787. The number of hydrogen-bond donors (Lipinski definition) is 3. The van der Waals surface area contributed by atoms with Gasteiger partial charge in [-0.15, -0.1) is 0 Å². The number of carbonyl (C=O) groups excluding carboxylic acids is 1. The third-order valence-electron chi connectivity index (χ3n) is 3.48. The third kappa shape index (κ3) is 3.67. The second kappa shape index (κ2) is 5.57. The van der Waals surface area contributed by atoms with E-state index in [0.29, 0.717) is 12.8 Å². The first-order valence-corrected chi connectivity index (χ1v) is 6.52. The van der Waals surface area contributed by atoms with Gasteiger partial charge in [-0.3, -0.25) is 0 Å². The van der Waals surface area contributed by atoms with Crippen molar-refractivity contribution < 1.29 is 14.3 Å². The Morgan fingerprint density at radius 2 is 2.11 bits per heavy atom. The fourth-order valence-electron chi connectivity index (χ4n) is 2.36. The normalized spacial score (nSPS) is 17.2. The van der Waals surface area contributed by atoms with Crippen molar-refractivity contribution in [2.45, 2.75) is 38.2 Å². The second-order valence-electron chi connectivity index (χ2n) is 5.22. The number of aryl methyl sites for hydroxylation is 1. The molecule has 1 saturated carbocycles. The van der Waals surface area contributed by atoms with E-state index >= 15 is 0 Å². The maximum absolute atomic E-state index is 13.5. The Bertz CT molecular complexity index is 471. The molecule has 0 spiro atoms. The lowest BCUT2D eigenvalue weighted by molar-refractivity contribution is 0.0506. The van der Waals surface area contributed by atoms with Crippen LogP contribution in [0.3, 0.4) is 0 Å². The molecule has 0 bridgehead atoms. The summed E-state index contributed by atoms with van der Waals surface area (Å²) in [6.07, 6.45) is 3.36. The van der Waals surface area contributed by atoms with Gasteiger partial charge in [-0.25, -0.2) is 9.18 Å². The zero-order valence-electron chi connectivity index (χ0n) is 11.0. The summed E-state index contributed by atoms with van der Waals surface area (Å²) in [7, 11) is 0. The number of hydrogen-bond acceptors (Lipinski definition) is 2. The largest absolute Gasteiger partial charge is 0.388 e. The van der Waals surface area contributed by atoms with Gasteiger partial charge in [-0.05, 0) is 37.5 Å². The van der Waals surface area contributed by atoms with Gasteiger partial charge in [-0.2, -0.15) is 0 Å². The predicted molar refractivity (Wildman–Crippen MR) is 71.6 cm³/mol. The number of rotatable bonds is 3. The van der Waals surface area contributed by atoms with Crippen LogP contribution in [0.5, 0.6) is 0 Å². The number of urea groups is 1. The van der Waals surface area contributed by atoms with E-state index in [9.17, 15) is 14.3 Å². The fourth-order valence-corrected chi connectivity index (χ4v) is 2.36. The van der Waals surface area contributed by atoms with E-state index in [2.05, 4.69) is 10.6 Å². The van der Waals surface area contributed by atoms with Crippen LogP contribution in [0.1, 0.15) is 31.2 Å². The summed E-state index contributed by atoms with van der Waals surface area (Å²) in [5.74, 6) is -0.472. The highest BCUT2D eigenvalue weighted by molar-refractivity contribution is 5.89. The Labute approximate surface area is 112 Å². The molecule has 0 aromatic heterocycles. The SMILES string of the molecule is Cc1ccc(F)c(NC(=O)NCC2(O)CCCC2)c1. The first kappa shape index (κ1) is 13.8. The predicted octanol–water partition coefficient (Wildman–Crippen LogP) is 2.56. The van der Waals surface area contributed by atoms with Crippen molar-refractivity contribution >= 4 is 11.7 Å². The van der Waals surface area contributed by atoms with Crippen LogP contribution in [-0.4, -0.2) is 23.3 Å². The van der Waals surface area contributed by atoms with Crippen LogP contribution in [0.2, 0.25) is 0 Å². The van der Waals surface area contributed by atoms with E-state index in [-0.39, 0.29) is 12.2 Å². The molecule has 4 nitrogen and oxygen atoms in total. The molecule has 19 heavy (non-hydrogen) atoms. The first-order valence-electron chi connectivity index (χ1n) is 6.52. The lowest BCUT2D eigenvalue weighted by atomic mass is 10.0. The highest BCUT2D eigenvalue weighted by atomic mass is 19.1. The van der Waals surface area contributed by atoms with Crippen molar-refractivity contribution in [1.82, 2.24) is 5.32 Å². The summed E-state index contributed by atoms with van der Waals surface area (Å²) in [5, 5.41) is 15.1. The summed E-state index contributed by atoms with van der Waals surface area (Å²) in [5.41, 5.74) is 0.213. The molecular weight excluding hydrogens is 247 g/mol. The molecule has 5 heteroatoms. The van der Waals surface area contributed by atoms with Crippen LogP contribution in [0.25, 0.3) is 0 Å². The number of benzene rings is 1. The van der Waals surface area contributed by atoms with E-state index in [0.717, 1.165) is 18.4 Å². The number of nitrogens with one attached hydrogen (secondary N) is 2. The summed E-state index contributed by atoms with van der Waals surface area (Å²) >= 11 is 0. The molecule has 0 aliphatic heterocycles. The fraction of sp³-hybridized carbons (Fsp3) is 0.500. The van der Waals surface area contributed by atoms with Crippen molar-refractivity contribution in [3.05, 3.63) is 29.6 Å². The van der Waals surface area contributed by atoms with Crippen LogP contribution >= 0.6 is 0 Å². The lowest BCUT2D eigenvalue weighted by Gasteiger charge is -2.22. The number of aliphatic hydroxyl groups is 1. The Morgan fingerprint density at radius 1 is 1.42 bits per heavy atom. The van der Waals surface area contributed by atoms with Crippen molar-refractivity contribution in [3.8, 4) is 0 Å². The van der Waals surface area contributed by atoms with Gasteiger partial charge in [0.25, 0.3) is 0 Å². The van der Waals surface area contributed by atoms with Gasteiger partial charge in [0.1, 0.15) is 5.82 Å². The molecule has 2 amide bonds. The van der Waals surface area contributed by atoms with Crippen LogP contribution in [0, 0.1) is 12.7 Å². The Balaban J connectivity index is 1.89. The van der Waals surface area contributed by atoms with Crippen molar-refractivity contribution in [2.75, 3.05) is 11.9 Å². The van der Waals surface area contributed by atoms with Gasteiger partial charge in [0.2, 0.25) is 0 Å². The molecule has 0 saturated heterocycles. The molecule has 1 aromatic carbocycles. The van der Waals surface area contributed by atoms with Gasteiger partial charge < -0.3 is 15.7 Å². The third-order valence-corrected chi connectivity index (χ3v) is 3.48. The standard InChI is InChI=1S/C14H19FN2O2/c1-10-4-5-11(15)12(8-10)17-13(18)16-9-14(19)6-2-3-7-14/h4-5,8,19H,2-3,6-7,9H2,1H3,(H2,16,17,18). The molecule has 104 valence electrons. The van der Waals surface area contributed by atoms with Crippen LogP contribution in [0.15, 0.2) is 18.2 Å². The molecule has 1 aliphatic carbocycles. The molecule has 1 fully saturated rings. The molecule has 2 rings (SSSR count). The number of anilines is 1. The van der Waals surface area contributed by atoms with Gasteiger partial charge in [0.15, 0.2) is 0 Å². The summed E-state index contributed by atoms with van der Waals surface area (Å²) in [6, 6.07) is 4.03. The monoisotopic (exact) mass is 266 g/mol. The minimum Gasteiger partial charge on any atom is -0.388 e. The zero-order valence-corrected chi connectivity index (χ0v) is 11.0. The molecule has 0 heterocycles. The average molecular weight is 266 g/mol. The van der Waals surface area contributed by atoms with E-state index in [4.69, 9.17) is 0 Å². The molecule has 0 radical (unpaired) electrons. The summed E-state index contributed by atoms with van der Waals surface area (Å²) in [4.78, 5) is 11.7. The van der Waals surface area contributed by atoms with Crippen molar-refractivity contribution in [1.29, 1.82) is 0 Å². The van der Waals surface area contributed by atoms with Gasteiger partial charge in [0, 0.05) is 6.54 Å². The van der Waals surface area contributed by atoms with Crippen LogP contribution in [0.4, 0.5) is 14.9 Å². The van der Waals surface area contributed by atoms with Crippen molar-refractivity contribution in [3.63, 3.8) is 0 Å². The minimum absolute atomic E-state index is 0.149. The highest BCUT2D eigenvalue weighted by Crippen LogP contribution is 2.28. The topological polar surface area (TPSA) is 61.4 Å². The molecule has 0 unspecified atom stereocenters. The molecule has 1 aliphatic rings. The number of carbonyl (C=O) groups is 1. The van der Waals surface area contributed by atoms with Crippen LogP contribution in [-0.2, 0) is 0 Å². The number of amides is 2.